The van der Waals surface area contributed by atoms with Gasteiger partial charge in [0.15, 0.2) is 0 Å². The quantitative estimate of drug-likeness (QED) is 0.733. The molecule has 0 saturated heterocycles. The van der Waals surface area contributed by atoms with Gasteiger partial charge in [-0.25, -0.2) is 0 Å². The van der Waals surface area contributed by atoms with Gasteiger partial charge >= 0.3 is 0 Å². The molecule has 1 heteroatoms. The van der Waals surface area contributed by atoms with Gasteiger partial charge in [0.2, 0.25) is 0 Å². The van der Waals surface area contributed by atoms with E-state index in [2.05, 4.69) is 51.2 Å². The van der Waals surface area contributed by atoms with Crippen molar-refractivity contribution in [3.63, 3.8) is 0 Å². The molecule has 0 aliphatic heterocycles. The van der Waals surface area contributed by atoms with Crippen molar-refractivity contribution in [2.24, 2.45) is 11.8 Å². The molecule has 1 aromatic rings. The fraction of sp³-hybridized carbons (Fsp3) is 0.700. The topological polar surface area (TPSA) is 12.0 Å². The fourth-order valence-corrected chi connectivity index (χ4v) is 3.62. The van der Waals surface area contributed by atoms with Crippen LogP contribution in [0.5, 0.6) is 0 Å². The van der Waals surface area contributed by atoms with Crippen molar-refractivity contribution in [3.8, 4) is 0 Å². The maximum absolute atomic E-state index is 3.71. The largest absolute Gasteiger partial charge is 0.316 e. The van der Waals surface area contributed by atoms with Gasteiger partial charge in [0.1, 0.15) is 0 Å². The minimum absolute atomic E-state index is 0.746. The summed E-state index contributed by atoms with van der Waals surface area (Å²) in [4.78, 5) is 0. The number of hydrogen-bond acceptors (Lipinski definition) is 1. The maximum atomic E-state index is 3.71. The molecule has 0 aromatic heterocycles. The van der Waals surface area contributed by atoms with Gasteiger partial charge in [0.05, 0.1) is 0 Å². The van der Waals surface area contributed by atoms with Crippen LogP contribution in [-0.2, 0) is 0 Å². The third-order valence-electron chi connectivity index (χ3n) is 5.08. The molecule has 21 heavy (non-hydrogen) atoms. The van der Waals surface area contributed by atoms with Crippen LogP contribution in [-0.4, -0.2) is 13.1 Å². The lowest BCUT2D eigenvalue weighted by Gasteiger charge is -2.27. The standard InChI is InChI=1S/C20H33N/c1-15(2)13-21-14-19-8-6-5-7-9-20(19)18-11-10-16(3)17(4)12-18/h10-12,15,19-21H,5-9,13-14H2,1-4H3. The van der Waals surface area contributed by atoms with Crippen LogP contribution >= 0.6 is 0 Å². The number of benzene rings is 1. The Bertz CT molecular complexity index is 435. The molecule has 1 saturated carbocycles. The van der Waals surface area contributed by atoms with Crippen LogP contribution < -0.4 is 5.32 Å². The molecule has 1 aliphatic rings. The zero-order chi connectivity index (χ0) is 15.2. The smallest absolute Gasteiger partial charge is 0.00146 e. The van der Waals surface area contributed by atoms with Gasteiger partial charge in [-0.15, -0.1) is 0 Å². The van der Waals surface area contributed by atoms with E-state index in [9.17, 15) is 0 Å². The Morgan fingerprint density at radius 3 is 2.52 bits per heavy atom. The first-order valence-electron chi connectivity index (χ1n) is 8.85. The number of rotatable bonds is 5. The molecule has 1 fully saturated rings. The minimum Gasteiger partial charge on any atom is -0.316 e. The average Bonchev–Trinajstić information content (AvgIpc) is 2.67. The molecule has 0 spiro atoms. The van der Waals surface area contributed by atoms with E-state index in [1.807, 2.05) is 0 Å². The monoisotopic (exact) mass is 287 g/mol. The van der Waals surface area contributed by atoms with E-state index >= 15 is 0 Å². The van der Waals surface area contributed by atoms with Crippen molar-refractivity contribution >= 4 is 0 Å². The molecule has 1 aromatic carbocycles. The Morgan fingerprint density at radius 1 is 1.05 bits per heavy atom. The molecule has 2 rings (SSSR count). The van der Waals surface area contributed by atoms with Gasteiger partial charge in [-0.1, -0.05) is 51.3 Å². The van der Waals surface area contributed by atoms with Crippen molar-refractivity contribution < 1.29 is 0 Å². The second-order valence-corrected chi connectivity index (χ2v) is 7.40. The zero-order valence-corrected chi connectivity index (χ0v) is 14.4. The first-order valence-corrected chi connectivity index (χ1v) is 8.85. The van der Waals surface area contributed by atoms with Crippen LogP contribution in [0.2, 0.25) is 0 Å². The molecule has 1 nitrogen and oxygen atoms in total. The van der Waals surface area contributed by atoms with Gasteiger partial charge in [0, 0.05) is 0 Å². The molecule has 1 N–H and O–H groups in total. The molecular weight excluding hydrogens is 254 g/mol. The van der Waals surface area contributed by atoms with Gasteiger partial charge in [0.25, 0.3) is 0 Å². The predicted octanol–water partition coefficient (Wildman–Crippen LogP) is 5.21. The van der Waals surface area contributed by atoms with Crippen LogP contribution in [0, 0.1) is 25.7 Å². The molecular formula is C20H33N. The molecule has 1 aliphatic carbocycles. The van der Waals surface area contributed by atoms with Crippen molar-refractivity contribution in [1.82, 2.24) is 5.32 Å². The average molecular weight is 287 g/mol. The summed E-state index contributed by atoms with van der Waals surface area (Å²) in [6.45, 7) is 11.4. The Labute approximate surface area is 131 Å². The highest BCUT2D eigenvalue weighted by Crippen LogP contribution is 2.36. The molecule has 2 atom stereocenters. The minimum atomic E-state index is 0.746. The number of nitrogens with one attached hydrogen (secondary N) is 1. The van der Waals surface area contributed by atoms with E-state index in [1.165, 1.54) is 49.8 Å². The van der Waals surface area contributed by atoms with Crippen molar-refractivity contribution in [2.75, 3.05) is 13.1 Å². The summed E-state index contributed by atoms with van der Waals surface area (Å²) in [5.41, 5.74) is 4.45. The first-order chi connectivity index (χ1) is 10.1. The van der Waals surface area contributed by atoms with E-state index in [4.69, 9.17) is 0 Å². The molecule has 0 bridgehead atoms. The molecule has 0 amide bonds. The van der Waals surface area contributed by atoms with E-state index in [0.29, 0.717) is 0 Å². The summed E-state index contributed by atoms with van der Waals surface area (Å²) in [7, 11) is 0. The SMILES string of the molecule is Cc1ccc(C2CCCCCC2CNCC(C)C)cc1C. The highest BCUT2D eigenvalue weighted by Gasteiger charge is 2.25. The summed E-state index contributed by atoms with van der Waals surface area (Å²) in [5, 5.41) is 3.71. The first kappa shape index (κ1) is 16.5. The highest BCUT2D eigenvalue weighted by atomic mass is 14.9. The second kappa shape index (κ2) is 7.98. The summed E-state index contributed by atoms with van der Waals surface area (Å²) < 4.78 is 0. The van der Waals surface area contributed by atoms with Crippen LogP contribution in [0.3, 0.4) is 0 Å². The maximum Gasteiger partial charge on any atom is -0.00146 e. The normalized spacial score (nSPS) is 23.3. The predicted molar refractivity (Wildman–Crippen MR) is 92.9 cm³/mol. The number of hydrogen-bond donors (Lipinski definition) is 1. The van der Waals surface area contributed by atoms with Gasteiger partial charge < -0.3 is 5.32 Å². The zero-order valence-electron chi connectivity index (χ0n) is 14.4. The Hall–Kier alpha value is -0.820. The van der Waals surface area contributed by atoms with Crippen LogP contribution in [0.4, 0.5) is 0 Å². The van der Waals surface area contributed by atoms with Crippen molar-refractivity contribution in [1.29, 1.82) is 0 Å². The summed E-state index contributed by atoms with van der Waals surface area (Å²) in [6.07, 6.45) is 6.99. The Morgan fingerprint density at radius 2 is 1.81 bits per heavy atom. The fourth-order valence-electron chi connectivity index (χ4n) is 3.62. The molecule has 118 valence electrons. The van der Waals surface area contributed by atoms with E-state index in [-0.39, 0.29) is 0 Å². The highest BCUT2D eigenvalue weighted by molar-refractivity contribution is 5.32. The van der Waals surface area contributed by atoms with Gasteiger partial charge in [-0.2, -0.15) is 0 Å². The summed E-state index contributed by atoms with van der Waals surface area (Å²) >= 11 is 0. The van der Waals surface area contributed by atoms with E-state index in [1.54, 1.807) is 5.56 Å². The lowest BCUT2D eigenvalue weighted by molar-refractivity contribution is 0.366. The van der Waals surface area contributed by atoms with E-state index < -0.39 is 0 Å². The Balaban J connectivity index is 2.09. The van der Waals surface area contributed by atoms with E-state index in [0.717, 1.165) is 24.3 Å². The third-order valence-corrected chi connectivity index (χ3v) is 5.08. The lowest BCUT2D eigenvalue weighted by Crippen LogP contribution is -2.29. The van der Waals surface area contributed by atoms with Gasteiger partial charge in [-0.05, 0) is 74.2 Å². The summed E-state index contributed by atoms with van der Waals surface area (Å²) in [6, 6.07) is 7.14. The molecule has 0 radical (unpaired) electrons. The third kappa shape index (κ3) is 4.85. The Kier molecular flexibility index (Phi) is 6.29. The van der Waals surface area contributed by atoms with Gasteiger partial charge in [-0.3, -0.25) is 0 Å². The molecule has 0 heterocycles. The van der Waals surface area contributed by atoms with Crippen LogP contribution in [0.25, 0.3) is 0 Å². The van der Waals surface area contributed by atoms with Crippen LogP contribution in [0.15, 0.2) is 18.2 Å². The van der Waals surface area contributed by atoms with Crippen LogP contribution in [0.1, 0.15) is 68.6 Å². The number of aryl methyl sites for hydroxylation is 2. The summed E-state index contributed by atoms with van der Waals surface area (Å²) in [5.74, 6) is 2.32. The van der Waals surface area contributed by atoms with Crippen molar-refractivity contribution in [3.05, 3.63) is 34.9 Å². The second-order valence-electron chi connectivity index (χ2n) is 7.40. The van der Waals surface area contributed by atoms with Crippen molar-refractivity contribution in [2.45, 2.75) is 65.7 Å². The lowest BCUT2D eigenvalue weighted by atomic mass is 9.81. The molecule has 2 unspecified atom stereocenters.